The molecule has 8 nitrogen and oxygen atoms in total. The molecule has 10 heteroatoms. The van der Waals surface area contributed by atoms with Crippen LogP contribution in [0.3, 0.4) is 0 Å². The van der Waals surface area contributed by atoms with Crippen LogP contribution in [0.2, 0.25) is 0 Å². The number of ether oxygens (including phenoxy) is 1. The number of carbonyl (C=O) groups excluding carboxylic acids is 2. The van der Waals surface area contributed by atoms with Crippen LogP contribution in [-0.2, 0) is 26.1 Å². The van der Waals surface area contributed by atoms with Gasteiger partial charge in [0.15, 0.2) is 0 Å². The van der Waals surface area contributed by atoms with Crippen molar-refractivity contribution in [2.24, 2.45) is 5.92 Å². The number of nitrogens with zero attached hydrogens (tertiary/aromatic N) is 1. The van der Waals surface area contributed by atoms with Crippen molar-refractivity contribution >= 4 is 21.8 Å². The highest BCUT2D eigenvalue weighted by Gasteiger charge is 2.28. The van der Waals surface area contributed by atoms with Gasteiger partial charge in [-0.3, -0.25) is 9.59 Å². The van der Waals surface area contributed by atoms with E-state index >= 15 is 0 Å². The van der Waals surface area contributed by atoms with Crippen LogP contribution in [0.15, 0.2) is 53.4 Å². The zero-order chi connectivity index (χ0) is 24.0. The first-order valence-corrected chi connectivity index (χ1v) is 12.1. The molecule has 1 aliphatic heterocycles. The first-order valence-electron chi connectivity index (χ1n) is 10.7. The Morgan fingerprint density at radius 3 is 2.45 bits per heavy atom. The summed E-state index contributed by atoms with van der Waals surface area (Å²) in [6.45, 7) is 4.82. The SMILES string of the molecule is CC(C)C(NC(=O)c1cccc(S(=O)(=O)N2CCOCC2)c1)C(=O)NCc1cccc(F)c1. The summed E-state index contributed by atoms with van der Waals surface area (Å²) in [5.74, 6) is -1.61. The van der Waals surface area contributed by atoms with E-state index in [1.54, 1.807) is 26.0 Å². The van der Waals surface area contributed by atoms with E-state index in [0.29, 0.717) is 18.8 Å². The van der Waals surface area contributed by atoms with Crippen molar-refractivity contribution in [2.75, 3.05) is 26.3 Å². The number of sulfonamides is 1. The van der Waals surface area contributed by atoms with Crippen molar-refractivity contribution in [1.29, 1.82) is 0 Å². The van der Waals surface area contributed by atoms with Gasteiger partial charge in [-0.2, -0.15) is 4.31 Å². The lowest BCUT2D eigenvalue weighted by molar-refractivity contribution is -0.124. The molecule has 2 aromatic carbocycles. The predicted octanol–water partition coefficient (Wildman–Crippen LogP) is 1.92. The third-order valence-electron chi connectivity index (χ3n) is 5.30. The fourth-order valence-electron chi connectivity index (χ4n) is 3.44. The molecule has 0 spiro atoms. The van der Waals surface area contributed by atoms with E-state index in [0.717, 1.165) is 0 Å². The summed E-state index contributed by atoms with van der Waals surface area (Å²) in [4.78, 5) is 25.6. The van der Waals surface area contributed by atoms with Crippen LogP contribution in [0.1, 0.15) is 29.8 Å². The molecule has 0 saturated carbocycles. The molecule has 1 unspecified atom stereocenters. The van der Waals surface area contributed by atoms with Gasteiger partial charge in [0.25, 0.3) is 5.91 Å². The number of rotatable bonds is 8. The van der Waals surface area contributed by atoms with Crippen LogP contribution < -0.4 is 10.6 Å². The normalized spacial score (nSPS) is 15.8. The number of carbonyl (C=O) groups is 2. The number of benzene rings is 2. The number of hydrogen-bond acceptors (Lipinski definition) is 5. The molecule has 33 heavy (non-hydrogen) atoms. The monoisotopic (exact) mass is 477 g/mol. The van der Waals surface area contributed by atoms with Crippen LogP contribution in [0, 0.1) is 11.7 Å². The van der Waals surface area contributed by atoms with Gasteiger partial charge >= 0.3 is 0 Å². The van der Waals surface area contributed by atoms with E-state index in [1.165, 1.54) is 40.7 Å². The molecule has 1 aliphatic rings. The third kappa shape index (κ3) is 6.37. The molecule has 0 aliphatic carbocycles. The van der Waals surface area contributed by atoms with Crippen molar-refractivity contribution in [2.45, 2.75) is 31.3 Å². The second-order valence-electron chi connectivity index (χ2n) is 8.09. The van der Waals surface area contributed by atoms with Crippen molar-refractivity contribution in [3.63, 3.8) is 0 Å². The smallest absolute Gasteiger partial charge is 0.251 e. The number of amides is 2. The van der Waals surface area contributed by atoms with E-state index in [1.807, 2.05) is 0 Å². The molecule has 1 fully saturated rings. The van der Waals surface area contributed by atoms with Crippen molar-refractivity contribution in [3.05, 3.63) is 65.5 Å². The topological polar surface area (TPSA) is 105 Å². The fraction of sp³-hybridized carbons (Fsp3) is 0.391. The Hall–Kier alpha value is -2.82. The first-order chi connectivity index (χ1) is 15.7. The summed E-state index contributed by atoms with van der Waals surface area (Å²) >= 11 is 0. The van der Waals surface area contributed by atoms with Gasteiger partial charge in [-0.05, 0) is 41.8 Å². The van der Waals surface area contributed by atoms with Crippen LogP contribution in [0.4, 0.5) is 4.39 Å². The molecule has 178 valence electrons. The molecular weight excluding hydrogens is 449 g/mol. The van der Waals surface area contributed by atoms with Crippen molar-refractivity contribution in [3.8, 4) is 0 Å². The Morgan fingerprint density at radius 2 is 1.79 bits per heavy atom. The van der Waals surface area contributed by atoms with Crippen molar-refractivity contribution in [1.82, 2.24) is 14.9 Å². The number of nitrogens with one attached hydrogen (secondary N) is 2. The van der Waals surface area contributed by atoms with Crippen LogP contribution in [0.5, 0.6) is 0 Å². The Morgan fingerprint density at radius 1 is 1.09 bits per heavy atom. The molecule has 2 amide bonds. The van der Waals surface area contributed by atoms with Crippen molar-refractivity contribution < 1.29 is 27.1 Å². The molecule has 1 atom stereocenters. The number of halogens is 1. The predicted molar refractivity (Wildman–Crippen MR) is 120 cm³/mol. The standard InChI is InChI=1S/C23H28FN3O5S/c1-16(2)21(23(29)25-15-17-5-3-7-19(24)13-17)26-22(28)18-6-4-8-20(14-18)33(30,31)27-9-11-32-12-10-27/h3-8,13-14,16,21H,9-12,15H2,1-2H3,(H,25,29)(H,26,28). The molecule has 1 saturated heterocycles. The highest BCUT2D eigenvalue weighted by atomic mass is 32.2. The zero-order valence-corrected chi connectivity index (χ0v) is 19.4. The summed E-state index contributed by atoms with van der Waals surface area (Å²) in [7, 11) is -3.76. The quantitative estimate of drug-likeness (QED) is 0.605. The van der Waals surface area contributed by atoms with Crippen LogP contribution in [0.25, 0.3) is 0 Å². The highest BCUT2D eigenvalue weighted by Crippen LogP contribution is 2.19. The largest absolute Gasteiger partial charge is 0.379 e. The average Bonchev–Trinajstić information content (AvgIpc) is 2.81. The summed E-state index contributed by atoms with van der Waals surface area (Å²) in [6.07, 6.45) is 0. The van der Waals surface area contributed by atoms with Crippen LogP contribution >= 0.6 is 0 Å². The zero-order valence-electron chi connectivity index (χ0n) is 18.6. The second-order valence-corrected chi connectivity index (χ2v) is 10.0. The van der Waals surface area contributed by atoms with Gasteiger partial charge in [-0.25, -0.2) is 12.8 Å². The Balaban J connectivity index is 1.70. The Bertz CT molecular complexity index is 1100. The Labute approximate surface area is 193 Å². The third-order valence-corrected chi connectivity index (χ3v) is 7.19. The van der Waals surface area contributed by atoms with Gasteiger partial charge in [0.2, 0.25) is 15.9 Å². The van der Waals surface area contributed by atoms with Gasteiger partial charge in [-0.15, -0.1) is 0 Å². The molecule has 0 bridgehead atoms. The highest BCUT2D eigenvalue weighted by molar-refractivity contribution is 7.89. The van der Waals surface area contributed by atoms with Gasteiger partial charge in [-0.1, -0.05) is 32.0 Å². The molecule has 1 heterocycles. The molecule has 0 radical (unpaired) electrons. The number of morpholine rings is 1. The maximum atomic E-state index is 13.4. The van der Waals surface area contributed by atoms with Gasteiger partial charge in [0.05, 0.1) is 18.1 Å². The summed E-state index contributed by atoms with van der Waals surface area (Å²) in [6, 6.07) is 10.8. The van der Waals surface area contributed by atoms with E-state index in [-0.39, 0.29) is 36.0 Å². The molecular formula is C23H28FN3O5S. The minimum Gasteiger partial charge on any atom is -0.379 e. The maximum Gasteiger partial charge on any atom is 0.251 e. The minimum absolute atomic E-state index is 0.00806. The van der Waals surface area contributed by atoms with Gasteiger partial charge < -0.3 is 15.4 Å². The molecule has 2 N–H and O–H groups in total. The Kier molecular flexibility index (Phi) is 8.17. The van der Waals surface area contributed by atoms with E-state index < -0.39 is 33.7 Å². The lowest BCUT2D eigenvalue weighted by atomic mass is 10.0. The second kappa shape index (κ2) is 10.9. The average molecular weight is 478 g/mol. The minimum atomic E-state index is -3.76. The lowest BCUT2D eigenvalue weighted by Gasteiger charge is -2.26. The molecule has 2 aromatic rings. The lowest BCUT2D eigenvalue weighted by Crippen LogP contribution is -2.49. The van der Waals surface area contributed by atoms with E-state index in [9.17, 15) is 22.4 Å². The van der Waals surface area contributed by atoms with Gasteiger partial charge in [0, 0.05) is 25.2 Å². The van der Waals surface area contributed by atoms with Crippen LogP contribution in [-0.4, -0.2) is 56.9 Å². The fourth-order valence-corrected chi connectivity index (χ4v) is 4.89. The number of hydrogen-bond donors (Lipinski definition) is 2. The summed E-state index contributed by atoms with van der Waals surface area (Å²) < 4.78 is 45.7. The molecule has 3 rings (SSSR count). The van der Waals surface area contributed by atoms with E-state index in [4.69, 9.17) is 4.74 Å². The van der Waals surface area contributed by atoms with Gasteiger partial charge in [0.1, 0.15) is 11.9 Å². The maximum absolute atomic E-state index is 13.4. The summed E-state index contributed by atoms with van der Waals surface area (Å²) in [5, 5.41) is 5.39. The first kappa shape index (κ1) is 24.8. The molecule has 0 aromatic heterocycles. The summed E-state index contributed by atoms with van der Waals surface area (Å²) in [5.41, 5.74) is 0.728. The van der Waals surface area contributed by atoms with E-state index in [2.05, 4.69) is 10.6 Å².